The zero-order valence-corrected chi connectivity index (χ0v) is 5.83. The van der Waals surface area contributed by atoms with Crippen molar-refractivity contribution in [3.05, 3.63) is 0 Å². The summed E-state index contributed by atoms with van der Waals surface area (Å²) in [4.78, 5) is 0. The van der Waals surface area contributed by atoms with Gasteiger partial charge in [-0.15, -0.1) is 0 Å². The van der Waals surface area contributed by atoms with E-state index >= 15 is 0 Å². The first-order valence-electron chi connectivity index (χ1n) is 3.25. The second-order valence-corrected chi connectivity index (χ2v) is 2.61. The Hall–Kier alpha value is -0.160. The van der Waals surface area contributed by atoms with Gasteiger partial charge >= 0.3 is 0 Å². The van der Waals surface area contributed by atoms with E-state index in [1.165, 1.54) is 0 Å². The average Bonchev–Trinajstić information content (AvgIpc) is 2.08. The maximum atomic E-state index is 5.19. The quantitative estimate of drug-likeness (QED) is 0.510. The molecular weight excluding hydrogens is 136 g/mol. The minimum Gasteiger partial charge on any atom is -0.371 e. The average molecular weight is 146 g/mol. The van der Waals surface area contributed by atoms with E-state index in [9.17, 15) is 0 Å². The van der Waals surface area contributed by atoms with Crippen molar-refractivity contribution in [2.45, 2.75) is 12.1 Å². The topological polar surface area (TPSA) is 36.9 Å². The molecule has 4 heteroatoms. The van der Waals surface area contributed by atoms with Crippen LogP contribution in [0.25, 0.3) is 0 Å². The molecule has 0 amide bonds. The molecule has 0 radical (unpaired) electrons. The van der Waals surface area contributed by atoms with Gasteiger partial charge < -0.3 is 18.9 Å². The van der Waals surface area contributed by atoms with Crippen molar-refractivity contribution in [2.75, 3.05) is 26.9 Å². The molecule has 3 rings (SSSR count). The smallest absolute Gasteiger partial charge is 0.271 e. The summed E-state index contributed by atoms with van der Waals surface area (Å²) in [6, 6.07) is 0. The highest BCUT2D eigenvalue weighted by molar-refractivity contribution is 4.85. The predicted molar refractivity (Wildman–Crippen MR) is 31.4 cm³/mol. The molecule has 0 aromatic carbocycles. The third-order valence-electron chi connectivity index (χ3n) is 1.88. The molecule has 0 spiro atoms. The van der Waals surface area contributed by atoms with Crippen molar-refractivity contribution in [1.82, 2.24) is 0 Å². The molecule has 0 N–H and O–H groups in total. The number of methoxy groups -OCH3 is 1. The van der Waals surface area contributed by atoms with E-state index in [0.717, 1.165) is 0 Å². The molecule has 0 saturated carbocycles. The Kier molecular flexibility index (Phi) is 1.42. The van der Waals surface area contributed by atoms with Gasteiger partial charge in [-0.2, -0.15) is 0 Å². The lowest BCUT2D eigenvalue weighted by atomic mass is 10.1. The van der Waals surface area contributed by atoms with Crippen molar-refractivity contribution in [1.29, 1.82) is 0 Å². The second kappa shape index (κ2) is 2.17. The second-order valence-electron chi connectivity index (χ2n) is 2.61. The van der Waals surface area contributed by atoms with Crippen LogP contribution in [0.2, 0.25) is 0 Å². The lowest BCUT2D eigenvalue weighted by molar-refractivity contribution is -0.408. The van der Waals surface area contributed by atoms with Crippen LogP contribution in [-0.2, 0) is 18.9 Å². The fourth-order valence-electron chi connectivity index (χ4n) is 1.11. The van der Waals surface area contributed by atoms with Crippen LogP contribution in [0.3, 0.4) is 0 Å². The molecule has 10 heavy (non-hydrogen) atoms. The summed E-state index contributed by atoms with van der Waals surface area (Å²) < 4.78 is 20.5. The van der Waals surface area contributed by atoms with Gasteiger partial charge in [-0.3, -0.25) is 0 Å². The highest BCUT2D eigenvalue weighted by atomic mass is 16.9. The summed E-state index contributed by atoms with van der Waals surface area (Å²) in [6.45, 7) is 1.29. The minimum absolute atomic E-state index is 0.339. The molecule has 4 nitrogen and oxygen atoms in total. The van der Waals surface area contributed by atoms with Gasteiger partial charge in [0.25, 0.3) is 6.48 Å². The van der Waals surface area contributed by atoms with E-state index in [0.29, 0.717) is 19.8 Å². The van der Waals surface area contributed by atoms with Gasteiger partial charge in [-0.05, 0) is 0 Å². The van der Waals surface area contributed by atoms with Crippen molar-refractivity contribution in [2.24, 2.45) is 0 Å². The molecule has 58 valence electrons. The van der Waals surface area contributed by atoms with Crippen LogP contribution in [0.4, 0.5) is 0 Å². The Labute approximate surface area is 59.0 Å². The largest absolute Gasteiger partial charge is 0.371 e. The van der Waals surface area contributed by atoms with Crippen LogP contribution in [0.1, 0.15) is 0 Å². The lowest BCUT2D eigenvalue weighted by Crippen LogP contribution is -2.58. The fourth-order valence-corrected chi connectivity index (χ4v) is 1.11. The van der Waals surface area contributed by atoms with Crippen LogP contribution in [0, 0.1) is 0 Å². The Morgan fingerprint density at radius 3 is 2.00 bits per heavy atom. The zero-order valence-electron chi connectivity index (χ0n) is 5.83. The first-order valence-corrected chi connectivity index (χ1v) is 3.25. The van der Waals surface area contributed by atoms with E-state index in [2.05, 4.69) is 0 Å². The number of fused-ring (bicyclic) bond motifs is 3. The van der Waals surface area contributed by atoms with Gasteiger partial charge in [-0.25, -0.2) is 0 Å². The maximum absolute atomic E-state index is 5.19. The number of ether oxygens (including phenoxy) is 4. The SMILES string of the molecule is COC12COC(OC1)OC2. The predicted octanol–water partition coefficient (Wildman–Crippen LogP) is -0.268. The van der Waals surface area contributed by atoms with Gasteiger partial charge in [0.05, 0.1) is 19.8 Å². The van der Waals surface area contributed by atoms with Gasteiger partial charge in [0.1, 0.15) is 5.60 Å². The fraction of sp³-hybridized carbons (Fsp3) is 1.00. The highest BCUT2D eigenvalue weighted by Gasteiger charge is 2.43. The molecule has 3 fully saturated rings. The number of hydrogen-bond donors (Lipinski definition) is 0. The first-order chi connectivity index (χ1) is 4.85. The Morgan fingerprint density at radius 2 is 1.70 bits per heavy atom. The van der Waals surface area contributed by atoms with Gasteiger partial charge in [0.15, 0.2) is 0 Å². The summed E-state index contributed by atoms with van der Waals surface area (Å²) in [5.74, 6) is 0. The standard InChI is InChI=1S/C6H10O4/c1-7-6-2-8-5(9-3-6)10-4-6/h5H,2-4H2,1H3. The highest BCUT2D eigenvalue weighted by Crippen LogP contribution is 2.26. The molecule has 3 heterocycles. The van der Waals surface area contributed by atoms with Crippen LogP contribution in [-0.4, -0.2) is 39.0 Å². The lowest BCUT2D eigenvalue weighted by Gasteiger charge is -2.43. The number of hydrogen-bond acceptors (Lipinski definition) is 4. The molecule has 0 atom stereocenters. The summed E-state index contributed by atoms with van der Waals surface area (Å²) in [6.07, 6.45) is 0. The minimum atomic E-state index is -0.447. The van der Waals surface area contributed by atoms with E-state index in [1.807, 2.05) is 0 Å². The molecule has 3 aliphatic heterocycles. The van der Waals surface area contributed by atoms with Crippen LogP contribution >= 0.6 is 0 Å². The van der Waals surface area contributed by atoms with Crippen LogP contribution < -0.4 is 0 Å². The van der Waals surface area contributed by atoms with Gasteiger partial charge in [0, 0.05) is 7.11 Å². The summed E-state index contributed by atoms with van der Waals surface area (Å²) in [5, 5.41) is 0. The Bertz CT molecular complexity index is 114. The monoisotopic (exact) mass is 146 g/mol. The molecule has 3 aliphatic rings. The first kappa shape index (κ1) is 6.54. The van der Waals surface area contributed by atoms with Crippen molar-refractivity contribution >= 4 is 0 Å². The van der Waals surface area contributed by atoms with E-state index in [-0.39, 0.29) is 5.60 Å². The molecule has 2 bridgehead atoms. The van der Waals surface area contributed by atoms with Crippen LogP contribution in [0.15, 0.2) is 0 Å². The third kappa shape index (κ3) is 0.845. The summed E-state index contributed by atoms with van der Waals surface area (Å²) in [7, 11) is 1.64. The molecule has 0 unspecified atom stereocenters. The molecule has 0 aliphatic carbocycles. The van der Waals surface area contributed by atoms with Gasteiger partial charge in [0.2, 0.25) is 0 Å². The summed E-state index contributed by atoms with van der Waals surface area (Å²) in [5.41, 5.74) is -0.339. The van der Waals surface area contributed by atoms with E-state index in [1.54, 1.807) is 7.11 Å². The van der Waals surface area contributed by atoms with Crippen molar-refractivity contribution < 1.29 is 18.9 Å². The molecular formula is C6H10O4. The van der Waals surface area contributed by atoms with Crippen LogP contribution in [0.5, 0.6) is 0 Å². The summed E-state index contributed by atoms with van der Waals surface area (Å²) >= 11 is 0. The Balaban J connectivity index is 2.08. The zero-order chi connectivity index (χ0) is 7.03. The van der Waals surface area contributed by atoms with E-state index in [4.69, 9.17) is 18.9 Å². The Morgan fingerprint density at radius 1 is 1.20 bits per heavy atom. The van der Waals surface area contributed by atoms with Crippen molar-refractivity contribution in [3.63, 3.8) is 0 Å². The molecule has 3 saturated heterocycles. The number of rotatable bonds is 1. The molecule has 0 aromatic rings. The van der Waals surface area contributed by atoms with E-state index < -0.39 is 6.48 Å². The van der Waals surface area contributed by atoms with Crippen molar-refractivity contribution in [3.8, 4) is 0 Å². The third-order valence-corrected chi connectivity index (χ3v) is 1.88. The maximum Gasteiger partial charge on any atom is 0.271 e. The normalized spacial score (nSPS) is 45.9. The molecule has 0 aromatic heterocycles. The van der Waals surface area contributed by atoms with Gasteiger partial charge in [-0.1, -0.05) is 0 Å².